The van der Waals surface area contributed by atoms with Crippen LogP contribution in [-0.4, -0.2) is 19.9 Å². The Morgan fingerprint density at radius 3 is 2.76 bits per heavy atom. The number of rotatable bonds is 3. The van der Waals surface area contributed by atoms with Crippen LogP contribution in [0.4, 0.5) is 0 Å². The SMILES string of the molecule is Cc1cc(Cl)cc(C(O)Cc2ncnn2C)c1. The summed E-state index contributed by atoms with van der Waals surface area (Å²) in [6.07, 6.45) is 1.29. The van der Waals surface area contributed by atoms with E-state index in [0.29, 0.717) is 11.4 Å². The third kappa shape index (κ3) is 2.84. The fourth-order valence-corrected chi connectivity index (χ4v) is 2.05. The predicted molar refractivity (Wildman–Crippen MR) is 65.9 cm³/mol. The Kier molecular flexibility index (Phi) is 3.45. The molecule has 2 rings (SSSR count). The molecule has 1 aromatic heterocycles. The molecule has 0 bridgehead atoms. The third-order valence-corrected chi connectivity index (χ3v) is 2.85. The van der Waals surface area contributed by atoms with Crippen LogP contribution in [-0.2, 0) is 13.5 Å². The summed E-state index contributed by atoms with van der Waals surface area (Å²) < 4.78 is 1.65. The molecule has 1 heterocycles. The van der Waals surface area contributed by atoms with E-state index in [0.717, 1.165) is 17.0 Å². The highest BCUT2D eigenvalue weighted by molar-refractivity contribution is 6.30. The van der Waals surface area contributed by atoms with Gasteiger partial charge in [-0.3, -0.25) is 4.68 Å². The van der Waals surface area contributed by atoms with Crippen LogP contribution in [0.25, 0.3) is 0 Å². The van der Waals surface area contributed by atoms with E-state index < -0.39 is 6.10 Å². The number of aryl methyl sites for hydroxylation is 2. The normalized spacial score (nSPS) is 12.7. The van der Waals surface area contributed by atoms with Gasteiger partial charge in [-0.15, -0.1) is 0 Å². The Bertz CT molecular complexity index is 504. The fourth-order valence-electron chi connectivity index (χ4n) is 1.75. The summed E-state index contributed by atoms with van der Waals surface area (Å²) in [6.45, 7) is 1.95. The standard InChI is InChI=1S/C12H14ClN3O/c1-8-3-9(5-10(13)4-8)11(17)6-12-14-7-15-16(12)2/h3-5,7,11,17H,6H2,1-2H3. The lowest BCUT2D eigenvalue weighted by Gasteiger charge is -2.11. The van der Waals surface area contributed by atoms with Gasteiger partial charge >= 0.3 is 0 Å². The first-order valence-corrected chi connectivity index (χ1v) is 5.72. The van der Waals surface area contributed by atoms with Crippen LogP contribution in [0.2, 0.25) is 5.02 Å². The molecule has 0 spiro atoms. The minimum atomic E-state index is -0.615. The van der Waals surface area contributed by atoms with Crippen LogP contribution in [0.3, 0.4) is 0 Å². The van der Waals surface area contributed by atoms with Gasteiger partial charge in [-0.1, -0.05) is 17.7 Å². The molecule has 0 aliphatic rings. The zero-order valence-electron chi connectivity index (χ0n) is 9.76. The van der Waals surface area contributed by atoms with Crippen molar-refractivity contribution in [2.75, 3.05) is 0 Å². The maximum atomic E-state index is 10.1. The molecule has 0 saturated heterocycles. The van der Waals surface area contributed by atoms with Crippen LogP contribution >= 0.6 is 11.6 Å². The molecule has 0 fully saturated rings. The van der Waals surface area contributed by atoms with Gasteiger partial charge in [0.05, 0.1) is 6.10 Å². The van der Waals surface area contributed by atoms with E-state index in [1.54, 1.807) is 17.8 Å². The van der Waals surface area contributed by atoms with Gasteiger partial charge in [-0.25, -0.2) is 4.98 Å². The summed E-state index contributed by atoms with van der Waals surface area (Å²) >= 11 is 5.96. The van der Waals surface area contributed by atoms with Crippen LogP contribution in [0.1, 0.15) is 23.1 Å². The molecule has 0 radical (unpaired) electrons. The van der Waals surface area contributed by atoms with E-state index in [1.807, 2.05) is 19.1 Å². The Morgan fingerprint density at radius 2 is 2.18 bits per heavy atom. The number of aliphatic hydroxyl groups excluding tert-OH is 1. The van der Waals surface area contributed by atoms with Gasteiger partial charge in [-0.05, 0) is 30.2 Å². The second kappa shape index (κ2) is 4.85. The van der Waals surface area contributed by atoms with Crippen LogP contribution in [0.5, 0.6) is 0 Å². The summed E-state index contributed by atoms with van der Waals surface area (Å²) in [5.74, 6) is 0.745. The number of aliphatic hydroxyl groups is 1. The largest absolute Gasteiger partial charge is 0.388 e. The second-order valence-corrected chi connectivity index (χ2v) is 4.52. The van der Waals surface area contributed by atoms with Gasteiger partial charge in [0.25, 0.3) is 0 Å². The van der Waals surface area contributed by atoms with E-state index in [2.05, 4.69) is 10.1 Å². The Morgan fingerprint density at radius 1 is 1.41 bits per heavy atom. The summed E-state index contributed by atoms with van der Waals surface area (Å²) in [7, 11) is 1.80. The number of benzene rings is 1. The van der Waals surface area contributed by atoms with Crippen molar-refractivity contribution in [2.24, 2.45) is 7.05 Å². The minimum absolute atomic E-state index is 0.427. The first-order valence-electron chi connectivity index (χ1n) is 5.34. The van der Waals surface area contributed by atoms with Crippen molar-refractivity contribution in [3.05, 3.63) is 46.5 Å². The second-order valence-electron chi connectivity index (χ2n) is 4.08. The summed E-state index contributed by atoms with van der Waals surface area (Å²) in [5.41, 5.74) is 1.84. The first-order chi connectivity index (χ1) is 8.06. The Labute approximate surface area is 105 Å². The Balaban J connectivity index is 2.20. The monoisotopic (exact) mass is 251 g/mol. The quantitative estimate of drug-likeness (QED) is 0.908. The zero-order valence-corrected chi connectivity index (χ0v) is 10.5. The van der Waals surface area contributed by atoms with Crippen molar-refractivity contribution in [2.45, 2.75) is 19.4 Å². The zero-order chi connectivity index (χ0) is 12.4. The number of hydrogen-bond acceptors (Lipinski definition) is 3. The molecule has 1 atom stereocenters. The molecule has 0 aliphatic heterocycles. The number of hydrogen-bond donors (Lipinski definition) is 1. The molecule has 4 nitrogen and oxygen atoms in total. The molecule has 0 amide bonds. The molecule has 1 unspecified atom stereocenters. The molecule has 17 heavy (non-hydrogen) atoms. The number of aromatic nitrogens is 3. The highest BCUT2D eigenvalue weighted by Gasteiger charge is 2.12. The number of nitrogens with zero attached hydrogens (tertiary/aromatic N) is 3. The van der Waals surface area contributed by atoms with Gasteiger partial charge < -0.3 is 5.11 Å². The number of halogens is 1. The molecule has 0 aliphatic carbocycles. The Hall–Kier alpha value is -1.39. The topological polar surface area (TPSA) is 50.9 Å². The van der Waals surface area contributed by atoms with Gasteiger partial charge in [0.15, 0.2) is 0 Å². The van der Waals surface area contributed by atoms with E-state index in [1.165, 1.54) is 6.33 Å². The van der Waals surface area contributed by atoms with Crippen molar-refractivity contribution >= 4 is 11.6 Å². The average molecular weight is 252 g/mol. The van der Waals surface area contributed by atoms with Crippen molar-refractivity contribution in [1.82, 2.24) is 14.8 Å². The van der Waals surface area contributed by atoms with E-state index >= 15 is 0 Å². The summed E-state index contributed by atoms with van der Waals surface area (Å²) in [6, 6.07) is 5.56. The first kappa shape index (κ1) is 12.1. The van der Waals surface area contributed by atoms with Crippen LogP contribution in [0.15, 0.2) is 24.5 Å². The molecule has 90 valence electrons. The highest BCUT2D eigenvalue weighted by Crippen LogP contribution is 2.22. The summed E-state index contributed by atoms with van der Waals surface area (Å²) in [4.78, 5) is 4.08. The maximum absolute atomic E-state index is 10.1. The van der Waals surface area contributed by atoms with E-state index in [4.69, 9.17) is 11.6 Å². The maximum Gasteiger partial charge on any atom is 0.138 e. The molecule has 2 aromatic rings. The lowest BCUT2D eigenvalue weighted by atomic mass is 10.0. The average Bonchev–Trinajstić information content (AvgIpc) is 2.63. The van der Waals surface area contributed by atoms with Crippen molar-refractivity contribution in [1.29, 1.82) is 0 Å². The molecule has 1 N–H and O–H groups in total. The third-order valence-electron chi connectivity index (χ3n) is 2.63. The van der Waals surface area contributed by atoms with Gasteiger partial charge in [0, 0.05) is 18.5 Å². The lowest BCUT2D eigenvalue weighted by Crippen LogP contribution is -2.07. The lowest BCUT2D eigenvalue weighted by molar-refractivity contribution is 0.174. The molecular weight excluding hydrogens is 238 g/mol. The minimum Gasteiger partial charge on any atom is -0.388 e. The van der Waals surface area contributed by atoms with Gasteiger partial charge in [0.1, 0.15) is 12.2 Å². The van der Waals surface area contributed by atoms with Crippen molar-refractivity contribution in [3.8, 4) is 0 Å². The summed E-state index contributed by atoms with van der Waals surface area (Å²) in [5, 5.41) is 14.7. The smallest absolute Gasteiger partial charge is 0.138 e. The molecule has 5 heteroatoms. The highest BCUT2D eigenvalue weighted by atomic mass is 35.5. The van der Waals surface area contributed by atoms with Crippen molar-refractivity contribution in [3.63, 3.8) is 0 Å². The van der Waals surface area contributed by atoms with Crippen molar-refractivity contribution < 1.29 is 5.11 Å². The molecule has 1 aromatic carbocycles. The molecule has 0 saturated carbocycles. The molecular formula is C12H14ClN3O. The van der Waals surface area contributed by atoms with Gasteiger partial charge in [0.2, 0.25) is 0 Å². The predicted octanol–water partition coefficient (Wildman–Crippen LogP) is 2.05. The van der Waals surface area contributed by atoms with E-state index in [9.17, 15) is 5.11 Å². The van der Waals surface area contributed by atoms with Crippen LogP contribution in [0, 0.1) is 6.92 Å². The van der Waals surface area contributed by atoms with Crippen LogP contribution < -0.4 is 0 Å². The van der Waals surface area contributed by atoms with E-state index in [-0.39, 0.29) is 0 Å². The van der Waals surface area contributed by atoms with Gasteiger partial charge in [-0.2, -0.15) is 5.10 Å². The fraction of sp³-hybridized carbons (Fsp3) is 0.333.